The Labute approximate surface area is 139 Å². The molecule has 2 heterocycles. The summed E-state index contributed by atoms with van der Waals surface area (Å²) < 4.78 is 7.06. The molecule has 7 nitrogen and oxygen atoms in total. The summed E-state index contributed by atoms with van der Waals surface area (Å²) in [6.45, 7) is 2.22. The summed E-state index contributed by atoms with van der Waals surface area (Å²) in [6.07, 6.45) is 3.48. The zero-order chi connectivity index (χ0) is 16.9. The number of methoxy groups -OCH3 is 1. The monoisotopic (exact) mass is 323 g/mol. The van der Waals surface area contributed by atoms with Gasteiger partial charge in [-0.2, -0.15) is 0 Å². The summed E-state index contributed by atoms with van der Waals surface area (Å²) >= 11 is 0. The van der Waals surface area contributed by atoms with Crippen LogP contribution in [0.5, 0.6) is 5.75 Å². The average molecular weight is 323 g/mol. The Morgan fingerprint density at radius 3 is 2.71 bits per heavy atom. The summed E-state index contributed by atoms with van der Waals surface area (Å²) in [5, 5.41) is 10.9. The third-order valence-corrected chi connectivity index (χ3v) is 3.59. The van der Waals surface area contributed by atoms with Crippen LogP contribution in [0.2, 0.25) is 0 Å². The van der Waals surface area contributed by atoms with Gasteiger partial charge in [-0.1, -0.05) is 18.2 Å². The van der Waals surface area contributed by atoms with Gasteiger partial charge in [0.25, 0.3) is 5.91 Å². The summed E-state index contributed by atoms with van der Waals surface area (Å²) in [5.74, 6) is 1.86. The van der Waals surface area contributed by atoms with E-state index in [1.807, 2.05) is 31.2 Å². The van der Waals surface area contributed by atoms with E-state index in [4.69, 9.17) is 4.74 Å². The summed E-state index contributed by atoms with van der Waals surface area (Å²) in [7, 11) is 1.60. The number of imidazole rings is 1. The number of hydrogen-bond acceptors (Lipinski definition) is 5. The van der Waals surface area contributed by atoms with Gasteiger partial charge >= 0.3 is 0 Å². The molecule has 0 fully saturated rings. The van der Waals surface area contributed by atoms with Crippen molar-refractivity contribution in [1.29, 1.82) is 0 Å². The minimum atomic E-state index is -0.290. The molecule has 0 aliphatic carbocycles. The predicted molar refractivity (Wildman–Crippen MR) is 88.1 cm³/mol. The molecule has 7 heteroatoms. The first-order valence-electron chi connectivity index (χ1n) is 7.43. The molecule has 2 aromatic heterocycles. The molecular weight excluding hydrogens is 306 g/mol. The van der Waals surface area contributed by atoms with Crippen molar-refractivity contribution in [2.45, 2.75) is 13.5 Å². The van der Waals surface area contributed by atoms with E-state index >= 15 is 0 Å². The van der Waals surface area contributed by atoms with Crippen molar-refractivity contribution in [3.63, 3.8) is 0 Å². The smallest absolute Gasteiger partial charge is 0.272 e. The molecule has 0 saturated carbocycles. The van der Waals surface area contributed by atoms with Gasteiger partial charge in [0.15, 0.2) is 11.5 Å². The number of nitrogens with one attached hydrogen (secondary N) is 1. The number of nitrogens with zero attached hydrogens (tertiary/aromatic N) is 4. The van der Waals surface area contributed by atoms with Crippen LogP contribution in [-0.2, 0) is 6.54 Å². The third kappa shape index (κ3) is 3.24. The van der Waals surface area contributed by atoms with Gasteiger partial charge in [-0.3, -0.25) is 9.36 Å². The highest BCUT2D eigenvalue weighted by Crippen LogP contribution is 2.16. The molecule has 0 unspecified atom stereocenters. The van der Waals surface area contributed by atoms with Crippen LogP contribution in [0.15, 0.2) is 48.8 Å². The first kappa shape index (κ1) is 15.7. The van der Waals surface area contributed by atoms with Crippen LogP contribution in [-0.4, -0.2) is 32.8 Å². The fourth-order valence-electron chi connectivity index (χ4n) is 2.31. The Balaban J connectivity index is 1.68. The van der Waals surface area contributed by atoms with Gasteiger partial charge in [0.2, 0.25) is 0 Å². The lowest BCUT2D eigenvalue weighted by molar-refractivity contribution is 0.0944. The second-order valence-corrected chi connectivity index (χ2v) is 5.12. The fourth-order valence-corrected chi connectivity index (χ4v) is 2.31. The van der Waals surface area contributed by atoms with Crippen molar-refractivity contribution in [3.8, 4) is 11.6 Å². The van der Waals surface area contributed by atoms with E-state index < -0.39 is 0 Å². The molecule has 1 amide bonds. The topological polar surface area (TPSA) is 81.9 Å². The number of aryl methyl sites for hydroxylation is 1. The van der Waals surface area contributed by atoms with Gasteiger partial charge in [0.05, 0.1) is 7.11 Å². The molecule has 3 aromatic rings. The number of carbonyl (C=O) groups excluding carboxylic acids is 1. The van der Waals surface area contributed by atoms with E-state index in [2.05, 4.69) is 20.5 Å². The molecule has 3 rings (SSSR count). The van der Waals surface area contributed by atoms with Gasteiger partial charge in [0, 0.05) is 24.5 Å². The Bertz CT molecular complexity index is 842. The van der Waals surface area contributed by atoms with E-state index in [0.717, 1.165) is 17.1 Å². The Morgan fingerprint density at radius 1 is 1.21 bits per heavy atom. The van der Waals surface area contributed by atoms with Crippen molar-refractivity contribution < 1.29 is 9.53 Å². The zero-order valence-electron chi connectivity index (χ0n) is 13.4. The molecule has 0 aliphatic heterocycles. The second kappa shape index (κ2) is 6.91. The van der Waals surface area contributed by atoms with Crippen molar-refractivity contribution >= 4 is 5.91 Å². The number of benzene rings is 1. The van der Waals surface area contributed by atoms with Crippen LogP contribution in [0.25, 0.3) is 5.82 Å². The highest BCUT2D eigenvalue weighted by atomic mass is 16.5. The van der Waals surface area contributed by atoms with Gasteiger partial charge in [-0.15, -0.1) is 10.2 Å². The molecule has 0 spiro atoms. The van der Waals surface area contributed by atoms with E-state index in [0.29, 0.717) is 12.4 Å². The second-order valence-electron chi connectivity index (χ2n) is 5.12. The lowest BCUT2D eigenvalue weighted by Crippen LogP contribution is -2.24. The van der Waals surface area contributed by atoms with Gasteiger partial charge in [-0.25, -0.2) is 4.98 Å². The number of ether oxygens (including phenoxy) is 1. The summed E-state index contributed by atoms with van der Waals surface area (Å²) in [6, 6.07) is 10.9. The van der Waals surface area contributed by atoms with Gasteiger partial charge in [-0.05, 0) is 25.1 Å². The number of hydrogen-bond donors (Lipinski definition) is 1. The van der Waals surface area contributed by atoms with Crippen LogP contribution < -0.4 is 10.1 Å². The predicted octanol–water partition coefficient (Wildman–Crippen LogP) is 1.91. The molecule has 0 aliphatic rings. The summed E-state index contributed by atoms with van der Waals surface area (Å²) in [4.78, 5) is 16.3. The Hall–Kier alpha value is -3.22. The molecule has 0 atom stereocenters. The van der Waals surface area contributed by atoms with Crippen LogP contribution >= 0.6 is 0 Å². The van der Waals surface area contributed by atoms with Crippen molar-refractivity contribution in [1.82, 2.24) is 25.1 Å². The minimum Gasteiger partial charge on any atom is -0.496 e. The lowest BCUT2D eigenvalue weighted by Gasteiger charge is -2.09. The van der Waals surface area contributed by atoms with E-state index in [9.17, 15) is 4.79 Å². The molecule has 24 heavy (non-hydrogen) atoms. The first-order valence-corrected chi connectivity index (χ1v) is 7.43. The number of rotatable bonds is 5. The van der Waals surface area contributed by atoms with Gasteiger partial charge < -0.3 is 10.1 Å². The van der Waals surface area contributed by atoms with Gasteiger partial charge in [0.1, 0.15) is 11.6 Å². The van der Waals surface area contributed by atoms with Crippen molar-refractivity contribution in [2.24, 2.45) is 0 Å². The molecule has 1 aromatic carbocycles. The lowest BCUT2D eigenvalue weighted by atomic mass is 10.2. The van der Waals surface area contributed by atoms with Crippen LogP contribution in [0.1, 0.15) is 21.9 Å². The molecule has 122 valence electrons. The number of para-hydroxylation sites is 1. The molecular formula is C17H17N5O2. The normalized spacial score (nSPS) is 10.4. The molecule has 0 radical (unpaired) electrons. The minimum absolute atomic E-state index is 0.256. The van der Waals surface area contributed by atoms with Crippen molar-refractivity contribution in [2.75, 3.05) is 7.11 Å². The quantitative estimate of drug-likeness (QED) is 0.775. The maximum Gasteiger partial charge on any atom is 0.272 e. The maximum atomic E-state index is 12.2. The van der Waals surface area contributed by atoms with Crippen LogP contribution in [0.3, 0.4) is 0 Å². The number of carbonyl (C=O) groups is 1. The standard InChI is InChI=1S/C17H17N5O2/c1-12-18-9-10-22(12)16-8-7-14(20-21-16)17(23)19-11-13-5-3-4-6-15(13)24-2/h3-10H,11H2,1-2H3,(H,19,23). The SMILES string of the molecule is COc1ccccc1CNC(=O)c1ccc(-n2ccnc2C)nn1. The largest absolute Gasteiger partial charge is 0.496 e. The Kier molecular flexibility index (Phi) is 4.51. The zero-order valence-corrected chi connectivity index (χ0v) is 13.4. The summed E-state index contributed by atoms with van der Waals surface area (Å²) in [5.41, 5.74) is 1.15. The molecule has 0 bridgehead atoms. The van der Waals surface area contributed by atoms with E-state index in [1.54, 1.807) is 36.2 Å². The van der Waals surface area contributed by atoms with E-state index in [-0.39, 0.29) is 11.6 Å². The molecule has 0 saturated heterocycles. The highest BCUT2D eigenvalue weighted by molar-refractivity contribution is 5.92. The maximum absolute atomic E-state index is 12.2. The van der Waals surface area contributed by atoms with Crippen LogP contribution in [0.4, 0.5) is 0 Å². The van der Waals surface area contributed by atoms with E-state index in [1.165, 1.54) is 0 Å². The third-order valence-electron chi connectivity index (χ3n) is 3.59. The van der Waals surface area contributed by atoms with Crippen molar-refractivity contribution in [3.05, 3.63) is 65.9 Å². The average Bonchev–Trinajstić information content (AvgIpc) is 3.06. The Morgan fingerprint density at radius 2 is 2.04 bits per heavy atom. The number of amides is 1. The number of aromatic nitrogens is 4. The fraction of sp³-hybridized carbons (Fsp3) is 0.176. The first-order chi connectivity index (χ1) is 11.7. The highest BCUT2D eigenvalue weighted by Gasteiger charge is 2.10. The van der Waals surface area contributed by atoms with Crippen LogP contribution in [0, 0.1) is 6.92 Å². The molecule has 1 N–H and O–H groups in total.